The van der Waals surface area contributed by atoms with E-state index in [1.807, 2.05) is 73.3 Å². The molecule has 1 unspecified atom stereocenters. The topological polar surface area (TPSA) is 76.5 Å². The molecule has 1 atom stereocenters. The first-order chi connectivity index (χ1) is 16.4. The Balaban J connectivity index is 1.67. The van der Waals surface area contributed by atoms with Gasteiger partial charge in [0, 0.05) is 24.8 Å². The van der Waals surface area contributed by atoms with E-state index in [-0.39, 0.29) is 18.4 Å². The van der Waals surface area contributed by atoms with Crippen LogP contribution in [0, 0.1) is 13.8 Å². The summed E-state index contributed by atoms with van der Waals surface area (Å²) in [7, 11) is 1.76. The Morgan fingerprint density at radius 1 is 1.09 bits per heavy atom. The molecule has 34 heavy (non-hydrogen) atoms. The van der Waals surface area contributed by atoms with Crippen molar-refractivity contribution in [1.29, 1.82) is 0 Å². The fourth-order valence-electron chi connectivity index (χ4n) is 3.70. The van der Waals surface area contributed by atoms with Crippen molar-refractivity contribution < 1.29 is 14.3 Å². The van der Waals surface area contributed by atoms with Crippen LogP contribution < -0.4 is 10.1 Å². The molecule has 1 aromatic heterocycles. The zero-order chi connectivity index (χ0) is 24.5. The standard InChI is InChI=1S/C26H32N4O3S/c1-19-23(20(2)30(28-19)21-11-7-5-8-12-21)17-29(3)26(32)24(15-16-34-4)27-25(31)18-33-22-13-9-6-10-14-22/h5-14,24H,15-18H2,1-4H3,(H,27,31). The molecule has 8 heteroatoms. The van der Waals surface area contributed by atoms with Crippen molar-refractivity contribution in [3.8, 4) is 11.4 Å². The zero-order valence-electron chi connectivity index (χ0n) is 20.2. The number of carbonyl (C=O) groups is 2. The van der Waals surface area contributed by atoms with Crippen molar-refractivity contribution in [2.24, 2.45) is 0 Å². The molecule has 0 aliphatic rings. The number of amides is 2. The molecule has 3 aromatic rings. The average molecular weight is 481 g/mol. The highest BCUT2D eigenvalue weighted by molar-refractivity contribution is 7.98. The number of benzene rings is 2. The van der Waals surface area contributed by atoms with E-state index in [9.17, 15) is 9.59 Å². The van der Waals surface area contributed by atoms with E-state index in [0.29, 0.717) is 18.7 Å². The Kier molecular flexibility index (Phi) is 9.16. The maximum atomic E-state index is 13.3. The van der Waals surface area contributed by atoms with Crippen LogP contribution in [0.15, 0.2) is 60.7 Å². The lowest BCUT2D eigenvalue weighted by molar-refractivity contribution is -0.136. The first kappa shape index (κ1) is 25.4. The van der Waals surface area contributed by atoms with Crippen molar-refractivity contribution in [1.82, 2.24) is 20.0 Å². The first-order valence-corrected chi connectivity index (χ1v) is 12.6. The summed E-state index contributed by atoms with van der Waals surface area (Å²) >= 11 is 1.64. The van der Waals surface area contributed by atoms with Crippen LogP contribution in [0.1, 0.15) is 23.4 Å². The first-order valence-electron chi connectivity index (χ1n) is 11.2. The second kappa shape index (κ2) is 12.3. The predicted molar refractivity (Wildman–Crippen MR) is 136 cm³/mol. The zero-order valence-corrected chi connectivity index (χ0v) is 21.0. The Labute approximate surface area is 205 Å². The minimum Gasteiger partial charge on any atom is -0.484 e. The number of aromatic nitrogens is 2. The molecule has 180 valence electrons. The van der Waals surface area contributed by atoms with Crippen LogP contribution in [0.4, 0.5) is 0 Å². The van der Waals surface area contributed by atoms with Crippen LogP contribution in [0.25, 0.3) is 5.69 Å². The Morgan fingerprint density at radius 3 is 2.38 bits per heavy atom. The van der Waals surface area contributed by atoms with Crippen LogP contribution >= 0.6 is 11.8 Å². The maximum absolute atomic E-state index is 13.3. The van der Waals surface area contributed by atoms with Gasteiger partial charge in [0.15, 0.2) is 6.61 Å². The number of thioether (sulfide) groups is 1. The molecule has 0 spiro atoms. The quantitative estimate of drug-likeness (QED) is 0.452. The van der Waals surface area contributed by atoms with Gasteiger partial charge in [-0.1, -0.05) is 36.4 Å². The summed E-state index contributed by atoms with van der Waals surface area (Å²) in [5.41, 5.74) is 3.85. The van der Waals surface area contributed by atoms with Crippen molar-refractivity contribution in [3.05, 3.63) is 77.6 Å². The number of rotatable bonds is 11. The molecule has 0 aliphatic carbocycles. The Bertz CT molecular complexity index is 1090. The molecule has 0 fully saturated rings. The Hall–Kier alpha value is -3.26. The smallest absolute Gasteiger partial charge is 0.258 e. The second-order valence-corrected chi connectivity index (χ2v) is 9.08. The van der Waals surface area contributed by atoms with E-state index in [2.05, 4.69) is 10.4 Å². The molecule has 0 bridgehead atoms. The number of nitrogens with one attached hydrogen (secondary N) is 1. The number of para-hydroxylation sites is 2. The van der Waals surface area contributed by atoms with Gasteiger partial charge in [-0.2, -0.15) is 16.9 Å². The molecule has 1 heterocycles. The van der Waals surface area contributed by atoms with Gasteiger partial charge in [-0.05, 0) is 56.5 Å². The third-order valence-corrected chi connectivity index (χ3v) is 6.21. The summed E-state index contributed by atoms with van der Waals surface area (Å²) in [4.78, 5) is 27.5. The molecule has 7 nitrogen and oxygen atoms in total. The average Bonchev–Trinajstić information content (AvgIpc) is 3.14. The molecule has 0 saturated carbocycles. The number of aryl methyl sites for hydroxylation is 1. The van der Waals surface area contributed by atoms with Gasteiger partial charge in [-0.15, -0.1) is 0 Å². The van der Waals surface area contributed by atoms with Crippen molar-refractivity contribution >= 4 is 23.6 Å². The molecule has 0 aliphatic heterocycles. The third kappa shape index (κ3) is 6.63. The number of hydrogen-bond acceptors (Lipinski definition) is 5. The third-order valence-electron chi connectivity index (χ3n) is 5.57. The summed E-state index contributed by atoms with van der Waals surface area (Å²) in [6.45, 7) is 4.23. The van der Waals surface area contributed by atoms with E-state index in [1.54, 1.807) is 35.8 Å². The Morgan fingerprint density at radius 2 is 1.74 bits per heavy atom. The van der Waals surface area contributed by atoms with Crippen LogP contribution in [0.2, 0.25) is 0 Å². The molecule has 2 aromatic carbocycles. The van der Waals surface area contributed by atoms with E-state index in [1.165, 1.54) is 0 Å². The lowest BCUT2D eigenvalue weighted by atomic mass is 10.1. The summed E-state index contributed by atoms with van der Waals surface area (Å²) in [6, 6.07) is 18.5. The molecule has 1 N–H and O–H groups in total. The van der Waals surface area contributed by atoms with Gasteiger partial charge >= 0.3 is 0 Å². The number of nitrogens with zero attached hydrogens (tertiary/aromatic N) is 3. The van der Waals surface area contributed by atoms with Crippen LogP contribution in [0.3, 0.4) is 0 Å². The number of likely N-dealkylation sites (N-methyl/N-ethyl adjacent to an activating group) is 1. The maximum Gasteiger partial charge on any atom is 0.258 e. The minimum absolute atomic E-state index is 0.131. The monoisotopic (exact) mass is 480 g/mol. The fourth-order valence-corrected chi connectivity index (χ4v) is 4.17. The second-order valence-electron chi connectivity index (χ2n) is 8.09. The van der Waals surface area contributed by atoms with Gasteiger partial charge in [-0.3, -0.25) is 9.59 Å². The summed E-state index contributed by atoms with van der Waals surface area (Å²) in [5.74, 6) is 0.922. The van der Waals surface area contributed by atoms with Gasteiger partial charge < -0.3 is 15.0 Å². The molecule has 0 radical (unpaired) electrons. The summed E-state index contributed by atoms with van der Waals surface area (Å²) in [6.07, 6.45) is 2.53. The normalized spacial score (nSPS) is 11.6. The molecule has 3 rings (SSSR count). The van der Waals surface area contributed by atoms with Crippen LogP contribution in [-0.2, 0) is 16.1 Å². The van der Waals surface area contributed by atoms with Crippen molar-refractivity contribution in [2.45, 2.75) is 32.9 Å². The van der Waals surface area contributed by atoms with Gasteiger partial charge in [-0.25, -0.2) is 4.68 Å². The lowest BCUT2D eigenvalue weighted by Crippen LogP contribution is -2.48. The molecule has 2 amide bonds. The van der Waals surface area contributed by atoms with E-state index >= 15 is 0 Å². The number of carbonyl (C=O) groups excluding carboxylic acids is 2. The molecular weight excluding hydrogens is 448 g/mol. The summed E-state index contributed by atoms with van der Waals surface area (Å²) in [5, 5.41) is 7.54. The minimum atomic E-state index is -0.617. The highest BCUT2D eigenvalue weighted by Gasteiger charge is 2.25. The van der Waals surface area contributed by atoms with Crippen molar-refractivity contribution in [3.63, 3.8) is 0 Å². The highest BCUT2D eigenvalue weighted by atomic mass is 32.2. The number of hydrogen-bond donors (Lipinski definition) is 1. The van der Waals surface area contributed by atoms with E-state index in [0.717, 1.165) is 28.4 Å². The number of ether oxygens (including phenoxy) is 1. The fraction of sp³-hybridized carbons (Fsp3) is 0.346. The lowest BCUT2D eigenvalue weighted by Gasteiger charge is -2.25. The SMILES string of the molecule is CSCCC(NC(=O)COc1ccccc1)C(=O)N(C)Cc1c(C)nn(-c2ccccc2)c1C. The molecule has 0 saturated heterocycles. The van der Waals surface area contributed by atoms with Gasteiger partial charge in [0.05, 0.1) is 11.4 Å². The predicted octanol–water partition coefficient (Wildman–Crippen LogP) is 3.76. The van der Waals surface area contributed by atoms with Crippen molar-refractivity contribution in [2.75, 3.05) is 25.7 Å². The molecular formula is C26H32N4O3S. The van der Waals surface area contributed by atoms with Gasteiger partial charge in [0.2, 0.25) is 5.91 Å². The summed E-state index contributed by atoms with van der Waals surface area (Å²) < 4.78 is 7.43. The van der Waals surface area contributed by atoms with E-state index < -0.39 is 6.04 Å². The van der Waals surface area contributed by atoms with Gasteiger partial charge in [0.1, 0.15) is 11.8 Å². The van der Waals surface area contributed by atoms with Crippen LogP contribution in [0.5, 0.6) is 5.75 Å². The largest absolute Gasteiger partial charge is 0.484 e. The van der Waals surface area contributed by atoms with Crippen LogP contribution in [-0.4, -0.2) is 58.2 Å². The highest BCUT2D eigenvalue weighted by Crippen LogP contribution is 2.20. The van der Waals surface area contributed by atoms with Gasteiger partial charge in [0.25, 0.3) is 5.91 Å². The van der Waals surface area contributed by atoms with E-state index in [4.69, 9.17) is 4.74 Å².